The lowest BCUT2D eigenvalue weighted by atomic mass is 10.2. The second kappa shape index (κ2) is 9.30. The molecule has 1 rings (SSSR count). The topological polar surface area (TPSA) is 70.8 Å². The van der Waals surface area contributed by atoms with E-state index < -0.39 is 5.97 Å². The molecule has 0 saturated carbocycles. The summed E-state index contributed by atoms with van der Waals surface area (Å²) in [4.78, 5) is 11.4. The van der Waals surface area contributed by atoms with Gasteiger partial charge in [-0.2, -0.15) is 0 Å². The molecule has 0 spiro atoms. The third-order valence-electron chi connectivity index (χ3n) is 1.91. The van der Waals surface area contributed by atoms with Gasteiger partial charge in [-0.15, -0.1) is 0 Å². The molecule has 0 saturated heterocycles. The van der Waals surface area contributed by atoms with Crippen molar-refractivity contribution >= 4 is 11.7 Å². The van der Waals surface area contributed by atoms with E-state index >= 15 is 0 Å². The second-order valence-electron chi connectivity index (χ2n) is 3.00. The lowest BCUT2D eigenvalue weighted by Gasteiger charge is -2.10. The Kier molecular flexibility index (Phi) is 8.39. The molecule has 0 radical (unpaired) electrons. The minimum Gasteiger partial charge on any atom is -0.467 e. The number of ether oxygens (including phenoxy) is 3. The number of rotatable bonds is 5. The zero-order valence-corrected chi connectivity index (χ0v) is 11.4. The standard InChI is InChI=1S/C11H15NO4.C2H6/c1-3-15-7-16-10-6-8(12)4-5-9(10)11(13)14-2;1-2/h4-6H,3,7,12H2,1-2H3;1-2H3. The number of methoxy groups -OCH3 is 1. The Morgan fingerprint density at radius 2 is 2.00 bits per heavy atom. The quantitative estimate of drug-likeness (QED) is 0.379. The molecular formula is C13H21NO4. The fraction of sp³-hybridized carbons (Fsp3) is 0.462. The molecule has 0 bridgehead atoms. The van der Waals surface area contributed by atoms with Gasteiger partial charge < -0.3 is 19.9 Å². The first-order valence-corrected chi connectivity index (χ1v) is 5.87. The van der Waals surface area contributed by atoms with Crippen LogP contribution in [0.15, 0.2) is 18.2 Å². The monoisotopic (exact) mass is 255 g/mol. The highest BCUT2D eigenvalue weighted by molar-refractivity contribution is 5.93. The van der Waals surface area contributed by atoms with Crippen LogP contribution in [0.1, 0.15) is 31.1 Å². The average molecular weight is 255 g/mol. The van der Waals surface area contributed by atoms with Gasteiger partial charge in [-0.1, -0.05) is 13.8 Å². The molecule has 0 heterocycles. The zero-order chi connectivity index (χ0) is 14.0. The van der Waals surface area contributed by atoms with Gasteiger partial charge in [-0.3, -0.25) is 0 Å². The van der Waals surface area contributed by atoms with Crippen LogP contribution < -0.4 is 10.5 Å². The smallest absolute Gasteiger partial charge is 0.341 e. The Labute approximate surface area is 108 Å². The van der Waals surface area contributed by atoms with E-state index in [9.17, 15) is 4.79 Å². The number of esters is 1. The number of hydrogen-bond acceptors (Lipinski definition) is 5. The van der Waals surface area contributed by atoms with Gasteiger partial charge >= 0.3 is 5.97 Å². The van der Waals surface area contributed by atoms with Crippen LogP contribution in [0.5, 0.6) is 5.75 Å². The van der Waals surface area contributed by atoms with E-state index in [2.05, 4.69) is 4.74 Å². The van der Waals surface area contributed by atoms with Crippen LogP contribution in [0.2, 0.25) is 0 Å². The summed E-state index contributed by atoms with van der Waals surface area (Å²) in [6, 6.07) is 4.73. The summed E-state index contributed by atoms with van der Waals surface area (Å²) in [7, 11) is 1.31. The van der Waals surface area contributed by atoms with Crippen molar-refractivity contribution in [2.45, 2.75) is 20.8 Å². The molecule has 0 amide bonds. The lowest BCUT2D eigenvalue weighted by molar-refractivity contribution is 0.0211. The van der Waals surface area contributed by atoms with Crippen LogP contribution in [0, 0.1) is 0 Å². The largest absolute Gasteiger partial charge is 0.467 e. The third kappa shape index (κ3) is 5.05. The van der Waals surface area contributed by atoms with Gasteiger partial charge in [0, 0.05) is 18.4 Å². The minimum absolute atomic E-state index is 0.0734. The van der Waals surface area contributed by atoms with E-state index in [1.165, 1.54) is 7.11 Å². The van der Waals surface area contributed by atoms with E-state index in [-0.39, 0.29) is 6.79 Å². The summed E-state index contributed by atoms with van der Waals surface area (Å²) in [5, 5.41) is 0. The Bertz CT molecular complexity index is 366. The number of anilines is 1. The number of nitrogen functional groups attached to an aromatic ring is 1. The lowest BCUT2D eigenvalue weighted by Crippen LogP contribution is -2.09. The highest BCUT2D eigenvalue weighted by Gasteiger charge is 2.13. The summed E-state index contributed by atoms with van der Waals surface area (Å²) in [6.45, 7) is 6.46. The number of carbonyl (C=O) groups excluding carboxylic acids is 1. The van der Waals surface area contributed by atoms with Crippen LogP contribution >= 0.6 is 0 Å². The molecule has 2 N–H and O–H groups in total. The van der Waals surface area contributed by atoms with Crippen LogP contribution in [-0.4, -0.2) is 26.5 Å². The molecule has 0 unspecified atom stereocenters. The van der Waals surface area contributed by atoms with Crippen LogP contribution in [0.3, 0.4) is 0 Å². The predicted molar refractivity (Wildman–Crippen MR) is 70.7 cm³/mol. The molecule has 0 aliphatic carbocycles. The number of hydrogen-bond donors (Lipinski definition) is 1. The van der Waals surface area contributed by atoms with Gasteiger partial charge in [0.25, 0.3) is 0 Å². The molecule has 5 nitrogen and oxygen atoms in total. The molecular weight excluding hydrogens is 234 g/mol. The van der Waals surface area contributed by atoms with Gasteiger partial charge in [-0.05, 0) is 19.1 Å². The van der Waals surface area contributed by atoms with Crippen LogP contribution in [0.4, 0.5) is 5.69 Å². The van der Waals surface area contributed by atoms with Crippen molar-refractivity contribution in [1.82, 2.24) is 0 Å². The molecule has 0 aromatic heterocycles. The SMILES string of the molecule is CC.CCOCOc1cc(N)ccc1C(=O)OC. The van der Waals surface area contributed by atoms with Crippen molar-refractivity contribution in [2.24, 2.45) is 0 Å². The molecule has 0 atom stereocenters. The first-order chi connectivity index (χ1) is 8.69. The van der Waals surface area contributed by atoms with Gasteiger partial charge in [0.15, 0.2) is 6.79 Å². The predicted octanol–water partition coefficient (Wildman–Crippen LogP) is 2.45. The summed E-state index contributed by atoms with van der Waals surface area (Å²) in [5.74, 6) is -0.105. The second-order valence-corrected chi connectivity index (χ2v) is 3.00. The Morgan fingerprint density at radius 1 is 1.33 bits per heavy atom. The van der Waals surface area contributed by atoms with Crippen molar-refractivity contribution in [1.29, 1.82) is 0 Å². The van der Waals surface area contributed by atoms with Crippen molar-refractivity contribution in [3.63, 3.8) is 0 Å². The van der Waals surface area contributed by atoms with Gasteiger partial charge in [0.1, 0.15) is 11.3 Å². The van der Waals surface area contributed by atoms with Crippen LogP contribution in [-0.2, 0) is 9.47 Å². The first kappa shape index (κ1) is 16.2. The maximum atomic E-state index is 11.4. The highest BCUT2D eigenvalue weighted by Crippen LogP contribution is 2.22. The Balaban J connectivity index is 0.00000137. The van der Waals surface area contributed by atoms with Crippen molar-refractivity contribution in [3.8, 4) is 5.75 Å². The van der Waals surface area contributed by atoms with Gasteiger partial charge in [-0.25, -0.2) is 4.79 Å². The molecule has 0 aliphatic rings. The van der Waals surface area contributed by atoms with Crippen molar-refractivity contribution in [3.05, 3.63) is 23.8 Å². The maximum absolute atomic E-state index is 11.4. The number of carbonyl (C=O) groups is 1. The molecule has 1 aromatic carbocycles. The maximum Gasteiger partial charge on any atom is 0.341 e. The molecule has 18 heavy (non-hydrogen) atoms. The van der Waals surface area contributed by atoms with Crippen molar-refractivity contribution < 1.29 is 19.0 Å². The molecule has 102 valence electrons. The van der Waals surface area contributed by atoms with Crippen LogP contribution in [0.25, 0.3) is 0 Å². The fourth-order valence-corrected chi connectivity index (χ4v) is 1.13. The normalized spacial score (nSPS) is 9.11. The van der Waals surface area contributed by atoms with E-state index in [1.54, 1.807) is 18.2 Å². The summed E-state index contributed by atoms with van der Waals surface area (Å²) in [6.07, 6.45) is 0. The summed E-state index contributed by atoms with van der Waals surface area (Å²) >= 11 is 0. The number of benzene rings is 1. The van der Waals surface area contributed by atoms with E-state index in [0.29, 0.717) is 23.6 Å². The summed E-state index contributed by atoms with van der Waals surface area (Å²) in [5.41, 5.74) is 6.44. The van der Waals surface area contributed by atoms with E-state index in [1.807, 2.05) is 20.8 Å². The molecule has 0 fully saturated rings. The Hall–Kier alpha value is -1.75. The first-order valence-electron chi connectivity index (χ1n) is 5.87. The summed E-state index contributed by atoms with van der Waals surface area (Å²) < 4.78 is 14.9. The van der Waals surface area contributed by atoms with Crippen molar-refractivity contribution in [2.75, 3.05) is 26.2 Å². The minimum atomic E-state index is -0.466. The van der Waals surface area contributed by atoms with E-state index in [4.69, 9.17) is 15.2 Å². The van der Waals surface area contributed by atoms with Gasteiger partial charge in [0.2, 0.25) is 0 Å². The third-order valence-corrected chi connectivity index (χ3v) is 1.91. The highest BCUT2D eigenvalue weighted by atomic mass is 16.7. The average Bonchev–Trinajstić information content (AvgIpc) is 2.41. The van der Waals surface area contributed by atoms with Gasteiger partial charge in [0.05, 0.1) is 7.11 Å². The van der Waals surface area contributed by atoms with E-state index in [0.717, 1.165) is 0 Å². The molecule has 5 heteroatoms. The molecule has 1 aromatic rings. The number of nitrogens with two attached hydrogens (primary N) is 1. The fourth-order valence-electron chi connectivity index (χ4n) is 1.13. The zero-order valence-electron chi connectivity index (χ0n) is 11.4. The Morgan fingerprint density at radius 3 is 2.56 bits per heavy atom. The molecule has 0 aliphatic heterocycles.